The maximum Gasteiger partial charge on any atom is 0.234 e. The van der Waals surface area contributed by atoms with Crippen molar-refractivity contribution in [2.24, 2.45) is 5.92 Å². The standard InChI is InChI=1S/C18H30N2O/c1-16(2)10-6-3-4-9-13-19-15-18(21)20-14-17-11-7-5-8-12-17/h5,7-8,11-12,16,19H,3-4,6,9-10,13-15H2,1-2H3,(H,20,21). The molecule has 0 aromatic heterocycles. The molecule has 1 aromatic carbocycles. The molecule has 0 heterocycles. The van der Waals surface area contributed by atoms with Crippen LogP contribution in [0.3, 0.4) is 0 Å². The summed E-state index contributed by atoms with van der Waals surface area (Å²) in [5.41, 5.74) is 1.14. The molecule has 0 aliphatic heterocycles. The summed E-state index contributed by atoms with van der Waals surface area (Å²) in [6.45, 7) is 6.50. The van der Waals surface area contributed by atoms with Crippen LogP contribution in [0, 0.1) is 5.92 Å². The van der Waals surface area contributed by atoms with Gasteiger partial charge in [0.05, 0.1) is 6.54 Å². The molecule has 3 heteroatoms. The number of amides is 1. The molecule has 1 amide bonds. The van der Waals surface area contributed by atoms with Gasteiger partial charge in [0, 0.05) is 6.54 Å². The summed E-state index contributed by atoms with van der Waals surface area (Å²) in [5.74, 6) is 0.884. The average Bonchev–Trinajstić information content (AvgIpc) is 2.48. The maximum atomic E-state index is 11.7. The van der Waals surface area contributed by atoms with Gasteiger partial charge < -0.3 is 10.6 Å². The van der Waals surface area contributed by atoms with E-state index in [0.717, 1.165) is 24.4 Å². The van der Waals surface area contributed by atoms with E-state index in [0.29, 0.717) is 13.1 Å². The fourth-order valence-electron chi connectivity index (χ4n) is 2.22. The van der Waals surface area contributed by atoms with Crippen LogP contribution in [0.1, 0.15) is 51.5 Å². The van der Waals surface area contributed by atoms with Crippen LogP contribution in [0.4, 0.5) is 0 Å². The molecule has 0 spiro atoms. The van der Waals surface area contributed by atoms with Gasteiger partial charge in [0.15, 0.2) is 0 Å². The van der Waals surface area contributed by atoms with Gasteiger partial charge in [-0.15, -0.1) is 0 Å². The number of unbranched alkanes of at least 4 members (excludes halogenated alkanes) is 3. The Labute approximate surface area is 129 Å². The monoisotopic (exact) mass is 290 g/mol. The first-order chi connectivity index (χ1) is 10.2. The summed E-state index contributed by atoms with van der Waals surface area (Å²) in [6, 6.07) is 9.99. The van der Waals surface area contributed by atoms with Gasteiger partial charge in [0.25, 0.3) is 0 Å². The normalized spacial score (nSPS) is 10.8. The van der Waals surface area contributed by atoms with E-state index in [1.54, 1.807) is 0 Å². The summed E-state index contributed by atoms with van der Waals surface area (Å²) in [7, 11) is 0. The fourth-order valence-corrected chi connectivity index (χ4v) is 2.22. The van der Waals surface area contributed by atoms with E-state index in [1.807, 2.05) is 30.3 Å². The van der Waals surface area contributed by atoms with E-state index in [9.17, 15) is 4.79 Å². The Kier molecular flexibility index (Phi) is 9.55. The van der Waals surface area contributed by atoms with E-state index in [1.165, 1.54) is 25.7 Å². The van der Waals surface area contributed by atoms with Crippen molar-refractivity contribution in [3.63, 3.8) is 0 Å². The maximum absolute atomic E-state index is 11.7. The summed E-state index contributed by atoms with van der Waals surface area (Å²) in [4.78, 5) is 11.7. The Morgan fingerprint density at radius 1 is 1.05 bits per heavy atom. The molecule has 3 nitrogen and oxygen atoms in total. The highest BCUT2D eigenvalue weighted by Gasteiger charge is 2.00. The third kappa shape index (κ3) is 10.1. The second-order valence-electron chi connectivity index (χ2n) is 6.04. The van der Waals surface area contributed by atoms with E-state index in [-0.39, 0.29) is 5.91 Å². The smallest absolute Gasteiger partial charge is 0.234 e. The highest BCUT2D eigenvalue weighted by molar-refractivity contribution is 5.77. The lowest BCUT2D eigenvalue weighted by Gasteiger charge is -2.07. The number of benzene rings is 1. The summed E-state index contributed by atoms with van der Waals surface area (Å²) in [5, 5.41) is 6.13. The molecule has 118 valence electrons. The van der Waals surface area contributed by atoms with Gasteiger partial charge in [-0.1, -0.05) is 69.9 Å². The van der Waals surface area contributed by atoms with Gasteiger partial charge in [-0.3, -0.25) is 4.79 Å². The lowest BCUT2D eigenvalue weighted by Crippen LogP contribution is -2.33. The molecule has 0 fully saturated rings. The topological polar surface area (TPSA) is 41.1 Å². The molecule has 21 heavy (non-hydrogen) atoms. The molecule has 2 N–H and O–H groups in total. The Morgan fingerprint density at radius 3 is 2.48 bits per heavy atom. The van der Waals surface area contributed by atoms with Gasteiger partial charge in [0.2, 0.25) is 5.91 Å². The third-order valence-electron chi connectivity index (χ3n) is 3.50. The minimum Gasteiger partial charge on any atom is -0.351 e. The third-order valence-corrected chi connectivity index (χ3v) is 3.50. The lowest BCUT2D eigenvalue weighted by atomic mass is 10.0. The minimum atomic E-state index is 0.0682. The SMILES string of the molecule is CC(C)CCCCCCNCC(=O)NCc1ccccc1. The number of carbonyl (C=O) groups is 1. The molecule has 1 rings (SSSR count). The predicted molar refractivity (Wildman–Crippen MR) is 89.1 cm³/mol. The van der Waals surface area contributed by atoms with E-state index in [4.69, 9.17) is 0 Å². The van der Waals surface area contributed by atoms with Crippen molar-refractivity contribution in [3.05, 3.63) is 35.9 Å². The van der Waals surface area contributed by atoms with E-state index < -0.39 is 0 Å². The molecule has 0 aliphatic carbocycles. The van der Waals surface area contributed by atoms with Crippen molar-refractivity contribution >= 4 is 5.91 Å². The molecule has 0 atom stereocenters. The van der Waals surface area contributed by atoms with Gasteiger partial charge in [-0.25, -0.2) is 0 Å². The molecule has 0 bridgehead atoms. The second-order valence-corrected chi connectivity index (χ2v) is 6.04. The fraction of sp³-hybridized carbons (Fsp3) is 0.611. The van der Waals surface area contributed by atoms with Crippen LogP contribution in [0.2, 0.25) is 0 Å². The Bertz CT molecular complexity index is 376. The second kappa shape index (κ2) is 11.3. The Hall–Kier alpha value is -1.35. The van der Waals surface area contributed by atoms with Crippen LogP contribution in [0.5, 0.6) is 0 Å². The quantitative estimate of drug-likeness (QED) is 0.612. The van der Waals surface area contributed by atoms with Crippen LogP contribution in [-0.2, 0) is 11.3 Å². The van der Waals surface area contributed by atoms with Gasteiger partial charge in [0.1, 0.15) is 0 Å². The van der Waals surface area contributed by atoms with Crippen LogP contribution in [-0.4, -0.2) is 19.0 Å². The van der Waals surface area contributed by atoms with Crippen molar-refractivity contribution < 1.29 is 4.79 Å². The van der Waals surface area contributed by atoms with E-state index in [2.05, 4.69) is 24.5 Å². The van der Waals surface area contributed by atoms with Crippen LogP contribution >= 0.6 is 0 Å². The van der Waals surface area contributed by atoms with Gasteiger partial charge in [-0.2, -0.15) is 0 Å². The van der Waals surface area contributed by atoms with Crippen LogP contribution in [0.15, 0.2) is 30.3 Å². The number of hydrogen-bond acceptors (Lipinski definition) is 2. The van der Waals surface area contributed by atoms with E-state index >= 15 is 0 Å². The molecule has 0 unspecified atom stereocenters. The first kappa shape index (κ1) is 17.7. The predicted octanol–water partition coefficient (Wildman–Crippen LogP) is 3.50. The van der Waals surface area contributed by atoms with Crippen LogP contribution < -0.4 is 10.6 Å². The molecule has 0 saturated heterocycles. The summed E-state index contributed by atoms with van der Waals surface area (Å²) >= 11 is 0. The Morgan fingerprint density at radius 2 is 1.76 bits per heavy atom. The van der Waals surface area contributed by atoms with Crippen molar-refractivity contribution in [3.8, 4) is 0 Å². The zero-order valence-corrected chi connectivity index (χ0v) is 13.5. The molecular formula is C18H30N2O. The number of carbonyl (C=O) groups excluding carboxylic acids is 1. The zero-order chi connectivity index (χ0) is 15.3. The minimum absolute atomic E-state index is 0.0682. The summed E-state index contributed by atoms with van der Waals surface area (Å²) in [6.07, 6.45) is 6.38. The van der Waals surface area contributed by atoms with Crippen LogP contribution in [0.25, 0.3) is 0 Å². The summed E-state index contributed by atoms with van der Waals surface area (Å²) < 4.78 is 0. The zero-order valence-electron chi connectivity index (χ0n) is 13.5. The molecule has 1 aromatic rings. The molecule has 0 saturated carbocycles. The Balaban J connectivity index is 1.92. The highest BCUT2D eigenvalue weighted by Crippen LogP contribution is 2.08. The van der Waals surface area contributed by atoms with Gasteiger partial charge >= 0.3 is 0 Å². The van der Waals surface area contributed by atoms with Gasteiger partial charge in [-0.05, 0) is 24.4 Å². The molecule has 0 aliphatic rings. The lowest BCUT2D eigenvalue weighted by molar-refractivity contribution is -0.120. The first-order valence-corrected chi connectivity index (χ1v) is 8.20. The first-order valence-electron chi connectivity index (χ1n) is 8.20. The molecule has 0 radical (unpaired) electrons. The van der Waals surface area contributed by atoms with Crippen molar-refractivity contribution in [2.75, 3.05) is 13.1 Å². The number of hydrogen-bond donors (Lipinski definition) is 2. The number of rotatable bonds is 11. The van der Waals surface area contributed by atoms with Crippen molar-refractivity contribution in [1.29, 1.82) is 0 Å². The number of nitrogens with one attached hydrogen (secondary N) is 2. The largest absolute Gasteiger partial charge is 0.351 e. The molecular weight excluding hydrogens is 260 g/mol. The average molecular weight is 290 g/mol. The van der Waals surface area contributed by atoms with Crippen molar-refractivity contribution in [2.45, 2.75) is 52.5 Å². The van der Waals surface area contributed by atoms with Crippen molar-refractivity contribution in [1.82, 2.24) is 10.6 Å². The highest BCUT2D eigenvalue weighted by atomic mass is 16.1.